The molecule has 0 saturated carbocycles. The number of hydrogen-bond donors (Lipinski definition) is 1. The van der Waals surface area contributed by atoms with Crippen molar-refractivity contribution in [3.05, 3.63) is 34.1 Å². The summed E-state index contributed by atoms with van der Waals surface area (Å²) in [7, 11) is 0. The molecule has 106 valence electrons. The normalized spacial score (nSPS) is 10.7. The zero-order valence-electron chi connectivity index (χ0n) is 11.2. The molecule has 0 bridgehead atoms. The first kappa shape index (κ1) is 15.4. The first-order chi connectivity index (χ1) is 8.99. The number of nitrogens with one attached hydrogen (secondary N) is 1. The third kappa shape index (κ3) is 6.15. The molecule has 0 spiro atoms. The van der Waals surface area contributed by atoms with Gasteiger partial charge in [0.15, 0.2) is 0 Å². The average molecular weight is 270 g/mol. The molecule has 6 heteroatoms. The van der Waals surface area contributed by atoms with Gasteiger partial charge in [0.1, 0.15) is 5.82 Å². The Hall–Kier alpha value is -1.69. The molecule has 0 radical (unpaired) electrons. The van der Waals surface area contributed by atoms with E-state index in [0.29, 0.717) is 31.4 Å². The number of rotatable bonds is 8. The molecule has 0 heterocycles. The van der Waals surface area contributed by atoms with Crippen LogP contribution in [0.1, 0.15) is 20.3 Å². The second kappa shape index (κ2) is 7.68. The van der Waals surface area contributed by atoms with Crippen molar-refractivity contribution in [2.45, 2.75) is 20.3 Å². The van der Waals surface area contributed by atoms with Gasteiger partial charge in [-0.1, -0.05) is 13.8 Å². The average Bonchev–Trinajstić information content (AvgIpc) is 2.32. The molecular weight excluding hydrogens is 251 g/mol. The molecule has 1 N–H and O–H groups in total. The maximum Gasteiger partial charge on any atom is 0.274 e. The molecule has 5 nitrogen and oxygen atoms in total. The number of halogens is 1. The van der Waals surface area contributed by atoms with Gasteiger partial charge in [-0.2, -0.15) is 0 Å². The highest BCUT2D eigenvalue weighted by atomic mass is 19.1. The first-order valence-electron chi connectivity index (χ1n) is 6.25. The van der Waals surface area contributed by atoms with Gasteiger partial charge in [-0.05, 0) is 18.4 Å². The maximum atomic E-state index is 13.1. The number of anilines is 1. The monoisotopic (exact) mass is 270 g/mol. The van der Waals surface area contributed by atoms with E-state index in [4.69, 9.17) is 4.74 Å². The Morgan fingerprint density at radius 1 is 1.42 bits per heavy atom. The largest absolute Gasteiger partial charge is 0.385 e. The van der Waals surface area contributed by atoms with Crippen molar-refractivity contribution in [1.29, 1.82) is 0 Å². The summed E-state index contributed by atoms with van der Waals surface area (Å²) in [6.45, 7) is 6.06. The van der Waals surface area contributed by atoms with E-state index in [1.807, 2.05) is 0 Å². The van der Waals surface area contributed by atoms with Crippen LogP contribution in [0.4, 0.5) is 15.8 Å². The van der Waals surface area contributed by atoms with Gasteiger partial charge < -0.3 is 10.1 Å². The third-order valence-corrected chi connectivity index (χ3v) is 2.34. The van der Waals surface area contributed by atoms with Crippen LogP contribution in [-0.4, -0.2) is 24.7 Å². The maximum absolute atomic E-state index is 13.1. The van der Waals surface area contributed by atoms with Gasteiger partial charge in [-0.15, -0.1) is 0 Å². The summed E-state index contributed by atoms with van der Waals surface area (Å²) in [5.41, 5.74) is 0.161. The topological polar surface area (TPSA) is 64.4 Å². The SMILES string of the molecule is CC(C)COCCCNc1cc(F)cc([N+](=O)[O-])c1. The Morgan fingerprint density at radius 3 is 2.79 bits per heavy atom. The van der Waals surface area contributed by atoms with Crippen LogP contribution in [0.3, 0.4) is 0 Å². The predicted octanol–water partition coefficient (Wildman–Crippen LogP) is 3.21. The number of nitrogens with zero attached hydrogens (tertiary/aromatic N) is 1. The van der Waals surface area contributed by atoms with Gasteiger partial charge >= 0.3 is 0 Å². The van der Waals surface area contributed by atoms with Crippen molar-refractivity contribution >= 4 is 11.4 Å². The first-order valence-corrected chi connectivity index (χ1v) is 6.25. The number of hydrogen-bond acceptors (Lipinski definition) is 4. The van der Waals surface area contributed by atoms with Crippen LogP contribution >= 0.6 is 0 Å². The molecule has 0 fully saturated rings. The van der Waals surface area contributed by atoms with Gasteiger partial charge in [0.25, 0.3) is 5.69 Å². The molecule has 1 aromatic rings. The molecule has 0 aromatic heterocycles. The van der Waals surface area contributed by atoms with Crippen LogP contribution < -0.4 is 5.32 Å². The van der Waals surface area contributed by atoms with E-state index in [1.165, 1.54) is 12.1 Å². The minimum atomic E-state index is -0.618. The van der Waals surface area contributed by atoms with E-state index >= 15 is 0 Å². The van der Waals surface area contributed by atoms with Crippen molar-refractivity contribution in [2.75, 3.05) is 25.1 Å². The Balaban J connectivity index is 2.35. The molecule has 0 aliphatic rings. The summed E-state index contributed by atoms with van der Waals surface area (Å²) >= 11 is 0. The van der Waals surface area contributed by atoms with Crippen molar-refractivity contribution < 1.29 is 14.1 Å². The van der Waals surface area contributed by atoms with Crippen LogP contribution in [0.25, 0.3) is 0 Å². The number of nitro groups is 1. The van der Waals surface area contributed by atoms with Crippen LogP contribution in [0.2, 0.25) is 0 Å². The molecule has 0 aliphatic carbocycles. The molecule has 0 unspecified atom stereocenters. The fourth-order valence-corrected chi connectivity index (χ4v) is 1.51. The molecule has 0 atom stereocenters. The standard InChI is InChI=1S/C13H19FN2O3/c1-10(2)9-19-5-3-4-15-12-6-11(14)7-13(8-12)16(17)18/h6-8,10,15H,3-5,9H2,1-2H3. The van der Waals surface area contributed by atoms with Crippen molar-refractivity contribution in [3.8, 4) is 0 Å². The van der Waals surface area contributed by atoms with Gasteiger partial charge in [0, 0.05) is 31.5 Å². The highest BCUT2D eigenvalue weighted by Gasteiger charge is 2.09. The molecule has 0 aliphatic heterocycles. The van der Waals surface area contributed by atoms with Crippen molar-refractivity contribution in [3.63, 3.8) is 0 Å². The lowest BCUT2D eigenvalue weighted by Crippen LogP contribution is -2.08. The number of ether oxygens (including phenoxy) is 1. The Bertz CT molecular complexity index is 424. The zero-order chi connectivity index (χ0) is 14.3. The Morgan fingerprint density at radius 2 is 2.16 bits per heavy atom. The fourth-order valence-electron chi connectivity index (χ4n) is 1.51. The molecule has 19 heavy (non-hydrogen) atoms. The lowest BCUT2D eigenvalue weighted by Gasteiger charge is -2.08. The van der Waals surface area contributed by atoms with E-state index in [2.05, 4.69) is 19.2 Å². The minimum Gasteiger partial charge on any atom is -0.385 e. The third-order valence-electron chi connectivity index (χ3n) is 2.34. The lowest BCUT2D eigenvalue weighted by atomic mass is 10.2. The molecule has 0 amide bonds. The van der Waals surface area contributed by atoms with E-state index in [-0.39, 0.29) is 5.69 Å². The van der Waals surface area contributed by atoms with Gasteiger partial charge in [0.2, 0.25) is 0 Å². The van der Waals surface area contributed by atoms with Gasteiger partial charge in [-0.25, -0.2) is 4.39 Å². The molecule has 1 aromatic carbocycles. The lowest BCUT2D eigenvalue weighted by molar-refractivity contribution is -0.385. The summed E-state index contributed by atoms with van der Waals surface area (Å²) in [5, 5.41) is 13.5. The van der Waals surface area contributed by atoms with E-state index in [0.717, 1.165) is 12.5 Å². The second-order valence-corrected chi connectivity index (χ2v) is 4.70. The highest BCUT2D eigenvalue weighted by molar-refractivity contribution is 5.51. The Kier molecular flexibility index (Phi) is 6.21. The van der Waals surface area contributed by atoms with E-state index in [1.54, 1.807) is 0 Å². The van der Waals surface area contributed by atoms with Crippen LogP contribution in [-0.2, 0) is 4.74 Å². The Labute approximate surface area is 111 Å². The molecular formula is C13H19FN2O3. The van der Waals surface area contributed by atoms with Gasteiger partial charge in [-0.3, -0.25) is 10.1 Å². The fraction of sp³-hybridized carbons (Fsp3) is 0.538. The van der Waals surface area contributed by atoms with Crippen LogP contribution in [0.5, 0.6) is 0 Å². The summed E-state index contributed by atoms with van der Waals surface area (Å²) in [5.74, 6) is -0.119. The molecule has 1 rings (SSSR count). The van der Waals surface area contributed by atoms with Crippen LogP contribution in [0, 0.1) is 21.8 Å². The van der Waals surface area contributed by atoms with Crippen molar-refractivity contribution in [1.82, 2.24) is 0 Å². The number of non-ortho nitro benzene ring substituents is 1. The van der Waals surface area contributed by atoms with E-state index < -0.39 is 10.7 Å². The number of nitro benzene ring substituents is 1. The molecule has 0 saturated heterocycles. The van der Waals surface area contributed by atoms with Crippen molar-refractivity contribution in [2.24, 2.45) is 5.92 Å². The summed E-state index contributed by atoms with van der Waals surface area (Å²) in [4.78, 5) is 9.96. The zero-order valence-corrected chi connectivity index (χ0v) is 11.2. The highest BCUT2D eigenvalue weighted by Crippen LogP contribution is 2.19. The summed E-state index contributed by atoms with van der Waals surface area (Å²) in [6, 6.07) is 3.46. The summed E-state index contributed by atoms with van der Waals surface area (Å²) in [6.07, 6.45) is 0.761. The van der Waals surface area contributed by atoms with E-state index in [9.17, 15) is 14.5 Å². The minimum absolute atomic E-state index is 0.251. The van der Waals surface area contributed by atoms with Crippen LogP contribution in [0.15, 0.2) is 18.2 Å². The quantitative estimate of drug-likeness (QED) is 0.447. The smallest absolute Gasteiger partial charge is 0.274 e. The summed E-state index contributed by atoms with van der Waals surface area (Å²) < 4.78 is 18.5. The second-order valence-electron chi connectivity index (χ2n) is 4.70. The predicted molar refractivity (Wildman–Crippen MR) is 71.8 cm³/mol. The van der Waals surface area contributed by atoms with Gasteiger partial charge in [0.05, 0.1) is 11.0 Å². The number of benzene rings is 1.